The van der Waals surface area contributed by atoms with Crippen LogP contribution in [0.15, 0.2) is 47.7 Å². The number of imidazole rings is 1. The number of guanidine groups is 1. The molecule has 2 N–H and O–H groups in total. The summed E-state index contributed by atoms with van der Waals surface area (Å²) in [7, 11) is 0. The summed E-state index contributed by atoms with van der Waals surface area (Å²) in [6, 6.07) is 10.2. The summed E-state index contributed by atoms with van der Waals surface area (Å²) in [5.41, 5.74) is 4.26. The van der Waals surface area contributed by atoms with Crippen molar-refractivity contribution in [3.63, 3.8) is 0 Å². The lowest BCUT2D eigenvalue weighted by Gasteiger charge is -2.13. The summed E-state index contributed by atoms with van der Waals surface area (Å²) in [6.45, 7) is 8.85. The van der Waals surface area contributed by atoms with Crippen molar-refractivity contribution in [1.29, 1.82) is 0 Å². The van der Waals surface area contributed by atoms with Crippen LogP contribution in [0.5, 0.6) is 11.5 Å². The lowest BCUT2D eigenvalue weighted by Crippen LogP contribution is -2.38. The summed E-state index contributed by atoms with van der Waals surface area (Å²) < 4.78 is 13.9. The second-order valence-electron chi connectivity index (χ2n) is 7.70. The van der Waals surface area contributed by atoms with Gasteiger partial charge in [-0.1, -0.05) is 6.07 Å². The number of aliphatic imine (C=N–C) groups is 1. The molecule has 0 saturated carbocycles. The molecule has 0 radical (unpaired) electrons. The Balaban J connectivity index is 1.42. The molecule has 4 rings (SSSR count). The molecular formula is C24H31N5O2. The maximum absolute atomic E-state index is 5.93. The van der Waals surface area contributed by atoms with E-state index >= 15 is 0 Å². The van der Waals surface area contributed by atoms with Crippen LogP contribution in [0.4, 0.5) is 0 Å². The molecule has 1 atom stereocenters. The smallest absolute Gasteiger partial charge is 0.191 e. The average Bonchev–Trinajstić information content (AvgIpc) is 3.33. The number of ether oxygens (including phenoxy) is 2. The maximum atomic E-state index is 5.93. The Morgan fingerprint density at radius 3 is 3.00 bits per heavy atom. The maximum Gasteiger partial charge on any atom is 0.191 e. The van der Waals surface area contributed by atoms with Crippen molar-refractivity contribution in [1.82, 2.24) is 20.0 Å². The van der Waals surface area contributed by atoms with Crippen LogP contribution >= 0.6 is 0 Å². The van der Waals surface area contributed by atoms with Crippen molar-refractivity contribution in [3.05, 3.63) is 59.5 Å². The van der Waals surface area contributed by atoms with E-state index in [1.807, 2.05) is 35.7 Å². The van der Waals surface area contributed by atoms with Crippen LogP contribution in [0.1, 0.15) is 37.6 Å². The molecule has 0 aliphatic carbocycles. The van der Waals surface area contributed by atoms with E-state index < -0.39 is 0 Å². The Kier molecular flexibility index (Phi) is 6.60. The van der Waals surface area contributed by atoms with Gasteiger partial charge < -0.3 is 24.5 Å². The third-order valence-corrected chi connectivity index (χ3v) is 5.22. The van der Waals surface area contributed by atoms with Gasteiger partial charge in [-0.3, -0.25) is 0 Å². The number of benzene rings is 1. The molecule has 0 saturated heterocycles. The first kappa shape index (κ1) is 21.0. The first-order valence-corrected chi connectivity index (χ1v) is 11.1. The van der Waals surface area contributed by atoms with Crippen molar-refractivity contribution in [2.24, 2.45) is 4.99 Å². The van der Waals surface area contributed by atoms with Crippen LogP contribution < -0.4 is 20.1 Å². The van der Waals surface area contributed by atoms with E-state index in [0.717, 1.165) is 60.3 Å². The molecule has 3 heterocycles. The Bertz CT molecular complexity index is 1030. The summed E-state index contributed by atoms with van der Waals surface area (Å²) in [5.74, 6) is 2.62. The van der Waals surface area contributed by atoms with Gasteiger partial charge in [0.2, 0.25) is 0 Å². The van der Waals surface area contributed by atoms with Gasteiger partial charge in [0, 0.05) is 49.5 Å². The van der Waals surface area contributed by atoms with Crippen LogP contribution in [0, 0.1) is 0 Å². The molecule has 31 heavy (non-hydrogen) atoms. The van der Waals surface area contributed by atoms with Crippen LogP contribution in [0.2, 0.25) is 0 Å². The van der Waals surface area contributed by atoms with E-state index in [9.17, 15) is 0 Å². The van der Waals surface area contributed by atoms with E-state index in [0.29, 0.717) is 13.2 Å². The van der Waals surface area contributed by atoms with Gasteiger partial charge >= 0.3 is 0 Å². The molecular weight excluding hydrogens is 390 g/mol. The molecule has 3 aromatic rings. The molecule has 164 valence electrons. The molecule has 0 bridgehead atoms. The molecule has 7 heteroatoms. The first-order chi connectivity index (χ1) is 15.2. The van der Waals surface area contributed by atoms with Crippen LogP contribution in [-0.4, -0.2) is 41.1 Å². The third kappa shape index (κ3) is 5.10. The molecule has 1 aromatic carbocycles. The largest absolute Gasteiger partial charge is 0.494 e. The summed E-state index contributed by atoms with van der Waals surface area (Å²) in [5, 5.41) is 6.73. The van der Waals surface area contributed by atoms with Gasteiger partial charge in [0.1, 0.15) is 23.3 Å². The first-order valence-electron chi connectivity index (χ1n) is 11.1. The molecule has 1 aliphatic rings. The van der Waals surface area contributed by atoms with Crippen LogP contribution in [0.25, 0.3) is 5.65 Å². The minimum absolute atomic E-state index is 0.210. The number of aromatic nitrogens is 2. The zero-order chi connectivity index (χ0) is 21.6. The normalized spacial score (nSPS) is 15.6. The second kappa shape index (κ2) is 9.73. The van der Waals surface area contributed by atoms with E-state index in [2.05, 4.69) is 47.8 Å². The predicted octanol–water partition coefficient (Wildman–Crippen LogP) is 3.35. The van der Waals surface area contributed by atoms with Gasteiger partial charge in [0.25, 0.3) is 0 Å². The topological polar surface area (TPSA) is 72.2 Å². The highest BCUT2D eigenvalue weighted by atomic mass is 16.5. The quantitative estimate of drug-likeness (QED) is 0.431. The van der Waals surface area contributed by atoms with Gasteiger partial charge in [0.05, 0.1) is 18.8 Å². The van der Waals surface area contributed by atoms with E-state index in [1.165, 1.54) is 5.56 Å². The second-order valence-corrected chi connectivity index (χ2v) is 7.70. The predicted molar refractivity (Wildman–Crippen MR) is 123 cm³/mol. The monoisotopic (exact) mass is 421 g/mol. The van der Waals surface area contributed by atoms with Crippen LogP contribution in [-0.2, 0) is 19.4 Å². The van der Waals surface area contributed by atoms with Crippen LogP contribution in [0.3, 0.4) is 0 Å². The van der Waals surface area contributed by atoms with Crippen molar-refractivity contribution >= 4 is 11.6 Å². The molecule has 0 spiro atoms. The third-order valence-electron chi connectivity index (χ3n) is 5.22. The van der Waals surface area contributed by atoms with Gasteiger partial charge in [-0.2, -0.15) is 0 Å². The number of rotatable bonds is 8. The summed E-state index contributed by atoms with van der Waals surface area (Å²) >= 11 is 0. The molecule has 0 fully saturated rings. The fourth-order valence-corrected chi connectivity index (χ4v) is 3.82. The van der Waals surface area contributed by atoms with E-state index in [4.69, 9.17) is 14.5 Å². The van der Waals surface area contributed by atoms with Crippen molar-refractivity contribution in [2.75, 3.05) is 19.7 Å². The number of pyridine rings is 1. The molecule has 1 unspecified atom stereocenters. The lowest BCUT2D eigenvalue weighted by atomic mass is 10.1. The summed E-state index contributed by atoms with van der Waals surface area (Å²) in [6.07, 6.45) is 6.04. The van der Waals surface area contributed by atoms with Crippen molar-refractivity contribution in [2.45, 2.75) is 46.3 Å². The van der Waals surface area contributed by atoms with Crippen molar-refractivity contribution < 1.29 is 9.47 Å². The molecule has 0 amide bonds. The number of hydrogen-bond donors (Lipinski definition) is 2. The minimum atomic E-state index is 0.210. The Labute approximate surface area is 183 Å². The van der Waals surface area contributed by atoms with Gasteiger partial charge in [-0.05, 0) is 45.0 Å². The number of nitrogens with zero attached hydrogens (tertiary/aromatic N) is 3. The molecule has 1 aliphatic heterocycles. The standard InChI is InChI=1S/C24H31N5O2/c1-4-25-24(26-10-9-20-16-29-11-7-6-8-23(29)28-20)27-15-19-14-22-18(12-17(3)31-22)13-21(19)30-5-2/h6-8,11,13-14,16-17H,4-5,9-10,12,15H2,1-3H3,(H2,25,26,27). The summed E-state index contributed by atoms with van der Waals surface area (Å²) in [4.78, 5) is 9.43. The zero-order valence-electron chi connectivity index (χ0n) is 18.5. The van der Waals surface area contributed by atoms with E-state index in [1.54, 1.807) is 0 Å². The highest BCUT2D eigenvalue weighted by molar-refractivity contribution is 5.79. The average molecular weight is 422 g/mol. The fourth-order valence-electron chi connectivity index (χ4n) is 3.82. The highest BCUT2D eigenvalue weighted by Crippen LogP contribution is 2.35. The zero-order valence-corrected chi connectivity index (χ0v) is 18.5. The fraction of sp³-hybridized carbons (Fsp3) is 0.417. The SMILES string of the molecule is CCNC(=NCc1cc2c(cc1OCC)CC(C)O2)NCCc1cn2ccccc2n1. The molecule has 7 nitrogen and oxygen atoms in total. The van der Waals surface area contributed by atoms with Gasteiger partial charge in [-0.15, -0.1) is 0 Å². The number of fused-ring (bicyclic) bond motifs is 2. The minimum Gasteiger partial charge on any atom is -0.494 e. The lowest BCUT2D eigenvalue weighted by molar-refractivity contribution is 0.254. The highest BCUT2D eigenvalue weighted by Gasteiger charge is 2.21. The Hall–Kier alpha value is -3.22. The molecule has 2 aromatic heterocycles. The number of hydrogen-bond acceptors (Lipinski definition) is 4. The number of nitrogens with one attached hydrogen (secondary N) is 2. The Morgan fingerprint density at radius 2 is 2.19 bits per heavy atom. The van der Waals surface area contributed by atoms with Gasteiger partial charge in [0.15, 0.2) is 5.96 Å². The Morgan fingerprint density at radius 1 is 1.29 bits per heavy atom. The van der Waals surface area contributed by atoms with Gasteiger partial charge in [-0.25, -0.2) is 9.98 Å². The van der Waals surface area contributed by atoms with E-state index in [-0.39, 0.29) is 6.10 Å². The van der Waals surface area contributed by atoms with Crippen molar-refractivity contribution in [3.8, 4) is 11.5 Å².